The molecule has 0 aromatic heterocycles. The average molecular weight is 145 g/mol. The number of ether oxygens (including phenoxy) is 1. The molecule has 9 heavy (non-hydrogen) atoms. The second-order valence-corrected chi connectivity index (χ2v) is 1.11. The molecule has 6 heteroatoms. The first kappa shape index (κ1) is 11.9. The van der Waals surface area contributed by atoms with Gasteiger partial charge in [0.1, 0.15) is 6.61 Å². The molecule has 0 aromatic carbocycles. The Morgan fingerprint density at radius 1 is 1.78 bits per heavy atom. The Kier molecular flexibility index (Phi) is 8.36. The van der Waals surface area contributed by atoms with E-state index in [9.17, 15) is 4.79 Å². The number of hydrogen-bond donors (Lipinski definition) is 3. The zero-order chi connectivity index (χ0) is 6.57. The fourth-order valence-electron chi connectivity index (χ4n) is 0.157. The molecule has 0 aliphatic rings. The van der Waals surface area contributed by atoms with E-state index in [4.69, 9.17) is 10.2 Å². The van der Waals surface area contributed by atoms with E-state index in [-0.39, 0.29) is 31.0 Å². The van der Waals surface area contributed by atoms with Crippen molar-refractivity contribution in [3.63, 3.8) is 0 Å². The van der Waals surface area contributed by atoms with Crippen LogP contribution in [0.5, 0.6) is 0 Å². The SMILES string of the molecule is NC(=O)OCC(O)O.[H-].[Na+]. The maximum Gasteiger partial charge on any atom is 1.00 e. The third-order valence-corrected chi connectivity index (χ3v) is 0.375. The van der Waals surface area contributed by atoms with Gasteiger partial charge in [-0.2, -0.15) is 0 Å². The van der Waals surface area contributed by atoms with Gasteiger partial charge in [-0.15, -0.1) is 0 Å². The van der Waals surface area contributed by atoms with E-state index < -0.39 is 19.0 Å². The molecule has 0 spiro atoms. The van der Waals surface area contributed by atoms with E-state index in [0.29, 0.717) is 0 Å². The summed E-state index contributed by atoms with van der Waals surface area (Å²) in [5, 5.41) is 16.0. The van der Waals surface area contributed by atoms with E-state index in [1.165, 1.54) is 0 Å². The van der Waals surface area contributed by atoms with E-state index in [1.54, 1.807) is 0 Å². The minimum Gasteiger partial charge on any atom is -1.00 e. The van der Waals surface area contributed by atoms with Crippen LogP contribution < -0.4 is 35.3 Å². The van der Waals surface area contributed by atoms with Crippen molar-refractivity contribution in [2.24, 2.45) is 5.73 Å². The first-order valence-corrected chi connectivity index (χ1v) is 1.91. The summed E-state index contributed by atoms with van der Waals surface area (Å²) in [6.07, 6.45) is -2.65. The number of carbonyl (C=O) groups is 1. The van der Waals surface area contributed by atoms with Gasteiger partial charge in [0, 0.05) is 0 Å². The Labute approximate surface area is 75.6 Å². The number of aliphatic hydroxyl groups is 2. The van der Waals surface area contributed by atoms with Crippen LogP contribution in [0.2, 0.25) is 0 Å². The number of aliphatic hydroxyl groups excluding tert-OH is 1. The molecule has 0 bridgehead atoms. The Hall–Kier alpha value is 0.190. The van der Waals surface area contributed by atoms with Gasteiger partial charge >= 0.3 is 35.7 Å². The minimum atomic E-state index is -1.64. The smallest absolute Gasteiger partial charge is 1.00 e. The fourth-order valence-corrected chi connectivity index (χ4v) is 0.157. The molecule has 0 saturated heterocycles. The number of hydrogen-bond acceptors (Lipinski definition) is 4. The van der Waals surface area contributed by atoms with Crippen molar-refractivity contribution in [1.29, 1.82) is 0 Å². The van der Waals surface area contributed by atoms with Crippen LogP contribution in [-0.4, -0.2) is 29.2 Å². The van der Waals surface area contributed by atoms with Crippen LogP contribution in [0.15, 0.2) is 0 Å². The molecule has 1 amide bonds. The molecule has 0 heterocycles. The van der Waals surface area contributed by atoms with Gasteiger partial charge in [0.25, 0.3) is 0 Å². The minimum absolute atomic E-state index is 0. The van der Waals surface area contributed by atoms with Crippen molar-refractivity contribution < 1.29 is 50.7 Å². The van der Waals surface area contributed by atoms with Gasteiger partial charge in [-0.05, 0) is 0 Å². The summed E-state index contributed by atoms with van der Waals surface area (Å²) in [6.45, 7) is -0.477. The summed E-state index contributed by atoms with van der Waals surface area (Å²) in [6, 6.07) is 0. The quantitative estimate of drug-likeness (QED) is 0.270. The number of amides is 1. The Morgan fingerprint density at radius 3 is 2.33 bits per heavy atom. The van der Waals surface area contributed by atoms with Gasteiger partial charge in [-0.3, -0.25) is 0 Å². The number of primary amides is 1. The Morgan fingerprint density at radius 2 is 2.22 bits per heavy atom. The fraction of sp³-hybridized carbons (Fsp3) is 0.667. The molecule has 50 valence electrons. The van der Waals surface area contributed by atoms with Gasteiger partial charge < -0.3 is 22.1 Å². The van der Waals surface area contributed by atoms with E-state index in [1.807, 2.05) is 0 Å². The van der Waals surface area contributed by atoms with E-state index in [0.717, 1.165) is 0 Å². The third-order valence-electron chi connectivity index (χ3n) is 0.375. The molecule has 0 fully saturated rings. The van der Waals surface area contributed by atoms with Crippen LogP contribution in [-0.2, 0) is 4.74 Å². The molecule has 0 rings (SSSR count). The van der Waals surface area contributed by atoms with Crippen molar-refractivity contribution in [3.05, 3.63) is 0 Å². The maximum absolute atomic E-state index is 9.68. The Balaban J connectivity index is -0.000000245. The first-order chi connectivity index (χ1) is 3.63. The summed E-state index contributed by atoms with van der Waals surface area (Å²) in [5.74, 6) is 0. The zero-order valence-corrected chi connectivity index (χ0v) is 7.07. The summed E-state index contributed by atoms with van der Waals surface area (Å²) < 4.78 is 3.94. The molecule has 0 aliphatic heterocycles. The second-order valence-electron chi connectivity index (χ2n) is 1.11. The predicted octanol–water partition coefficient (Wildman–Crippen LogP) is -4.49. The van der Waals surface area contributed by atoms with E-state index in [2.05, 4.69) is 10.5 Å². The van der Waals surface area contributed by atoms with Crippen molar-refractivity contribution >= 4 is 6.09 Å². The molecule has 4 N–H and O–H groups in total. The van der Waals surface area contributed by atoms with Crippen LogP contribution in [0.4, 0.5) is 4.79 Å². The van der Waals surface area contributed by atoms with Crippen LogP contribution in [0, 0.1) is 0 Å². The zero-order valence-electron chi connectivity index (χ0n) is 6.07. The second kappa shape index (κ2) is 6.31. The molecule has 0 radical (unpaired) electrons. The van der Waals surface area contributed by atoms with Crippen LogP contribution in [0.25, 0.3) is 0 Å². The van der Waals surface area contributed by atoms with E-state index >= 15 is 0 Å². The number of carbonyl (C=O) groups excluding carboxylic acids is 1. The van der Waals surface area contributed by atoms with Crippen LogP contribution >= 0.6 is 0 Å². The summed E-state index contributed by atoms with van der Waals surface area (Å²) in [4.78, 5) is 9.68. The molecule has 0 atom stereocenters. The molecular weight excluding hydrogens is 137 g/mol. The molecule has 0 aliphatic carbocycles. The summed E-state index contributed by atoms with van der Waals surface area (Å²) in [5.41, 5.74) is 4.46. The van der Waals surface area contributed by atoms with Crippen molar-refractivity contribution in [2.45, 2.75) is 6.29 Å². The summed E-state index contributed by atoms with van der Waals surface area (Å²) in [7, 11) is 0. The monoisotopic (exact) mass is 145 g/mol. The van der Waals surface area contributed by atoms with Crippen molar-refractivity contribution in [3.8, 4) is 0 Å². The standard InChI is InChI=1S/C3H7NO4.Na.H/c4-3(7)8-1-2(5)6;;/h2,5-6H,1H2,(H2,4,7);;/q;+1;-1. The topological polar surface area (TPSA) is 92.8 Å². The van der Waals surface area contributed by atoms with Crippen molar-refractivity contribution in [1.82, 2.24) is 0 Å². The molecule has 5 nitrogen and oxygen atoms in total. The number of nitrogens with two attached hydrogens (primary N) is 1. The Bertz CT molecular complexity index is 90.6. The first-order valence-electron chi connectivity index (χ1n) is 1.91. The van der Waals surface area contributed by atoms with Gasteiger partial charge in [0.2, 0.25) is 0 Å². The van der Waals surface area contributed by atoms with Crippen LogP contribution in [0.3, 0.4) is 0 Å². The van der Waals surface area contributed by atoms with Crippen molar-refractivity contribution in [2.75, 3.05) is 6.61 Å². The largest absolute Gasteiger partial charge is 1.00 e. The normalized spacial score (nSPS) is 8.33. The van der Waals surface area contributed by atoms with Gasteiger partial charge in [-0.1, -0.05) is 0 Å². The molecular formula is C3H8NNaO4. The van der Waals surface area contributed by atoms with Gasteiger partial charge in [0.05, 0.1) is 0 Å². The van der Waals surface area contributed by atoms with Gasteiger partial charge in [0.15, 0.2) is 6.29 Å². The average Bonchev–Trinajstić information content (AvgIpc) is 1.61. The molecule has 0 unspecified atom stereocenters. The molecule has 0 saturated carbocycles. The third kappa shape index (κ3) is 11.7. The summed E-state index contributed by atoms with van der Waals surface area (Å²) >= 11 is 0. The number of rotatable bonds is 2. The maximum atomic E-state index is 9.68. The molecule has 0 aromatic rings. The van der Waals surface area contributed by atoms with Crippen LogP contribution in [0.1, 0.15) is 1.43 Å². The van der Waals surface area contributed by atoms with Gasteiger partial charge in [-0.25, -0.2) is 4.79 Å². The predicted molar refractivity (Wildman–Crippen MR) is 24.9 cm³/mol.